The molecule has 4 saturated carbocycles. The quantitative estimate of drug-likeness (QED) is 0.611. The summed E-state index contributed by atoms with van der Waals surface area (Å²) in [7, 11) is 0. The standard InChI is InChI=1S/C16H24BrNO/c17-11-4-2-1-3-5-12(11)18-16(19)15-13-9-6-7-10(8-9)14(13)15/h9-15H,1-8H2,(H,18,19). The molecule has 4 rings (SSSR count). The Morgan fingerprint density at radius 3 is 2.37 bits per heavy atom. The first kappa shape index (κ1) is 12.7. The molecule has 6 unspecified atom stereocenters. The molecular formula is C16H24BrNO. The van der Waals surface area contributed by atoms with Crippen molar-refractivity contribution in [2.24, 2.45) is 29.6 Å². The van der Waals surface area contributed by atoms with Crippen LogP contribution in [0.15, 0.2) is 0 Å². The van der Waals surface area contributed by atoms with Gasteiger partial charge in [0.25, 0.3) is 0 Å². The number of carbonyl (C=O) groups excluding carboxylic acids is 1. The summed E-state index contributed by atoms with van der Waals surface area (Å²) in [6.07, 6.45) is 10.5. The zero-order valence-electron chi connectivity index (χ0n) is 11.5. The lowest BCUT2D eigenvalue weighted by Crippen LogP contribution is -2.41. The van der Waals surface area contributed by atoms with Gasteiger partial charge in [-0.1, -0.05) is 35.2 Å². The minimum Gasteiger partial charge on any atom is -0.352 e. The lowest BCUT2D eigenvalue weighted by atomic mass is 10.0. The lowest BCUT2D eigenvalue weighted by Gasteiger charge is -2.22. The van der Waals surface area contributed by atoms with Crippen LogP contribution in [0.25, 0.3) is 0 Å². The molecule has 19 heavy (non-hydrogen) atoms. The number of alkyl halides is 1. The molecule has 0 radical (unpaired) electrons. The van der Waals surface area contributed by atoms with E-state index < -0.39 is 0 Å². The Balaban J connectivity index is 1.37. The van der Waals surface area contributed by atoms with Gasteiger partial charge in [0.1, 0.15) is 0 Å². The Hall–Kier alpha value is -0.0500. The second kappa shape index (κ2) is 4.75. The third-order valence-electron chi connectivity index (χ3n) is 6.30. The molecule has 2 nitrogen and oxygen atoms in total. The maximum Gasteiger partial charge on any atom is 0.223 e. The Labute approximate surface area is 124 Å². The minimum atomic E-state index is 0.383. The van der Waals surface area contributed by atoms with Crippen LogP contribution in [-0.2, 0) is 4.79 Å². The van der Waals surface area contributed by atoms with Gasteiger partial charge in [-0.25, -0.2) is 0 Å². The molecule has 4 aliphatic rings. The highest BCUT2D eigenvalue weighted by Crippen LogP contribution is 2.69. The first-order valence-corrected chi connectivity index (χ1v) is 9.11. The maximum atomic E-state index is 12.5. The third kappa shape index (κ3) is 2.07. The van der Waals surface area contributed by atoms with Crippen LogP contribution in [0.4, 0.5) is 0 Å². The number of carbonyl (C=O) groups is 1. The monoisotopic (exact) mass is 325 g/mol. The van der Waals surface area contributed by atoms with Gasteiger partial charge in [-0.3, -0.25) is 4.79 Å². The SMILES string of the molecule is O=C(NC1CCCCCC1Br)C1C2C3CCC(C3)C12. The molecule has 0 aliphatic heterocycles. The van der Waals surface area contributed by atoms with Gasteiger partial charge >= 0.3 is 0 Å². The molecule has 0 saturated heterocycles. The van der Waals surface area contributed by atoms with Gasteiger partial charge in [-0.15, -0.1) is 0 Å². The number of hydrogen-bond donors (Lipinski definition) is 1. The highest BCUT2D eigenvalue weighted by molar-refractivity contribution is 9.09. The summed E-state index contributed by atoms with van der Waals surface area (Å²) >= 11 is 3.79. The Kier molecular flexibility index (Phi) is 3.17. The number of halogens is 1. The van der Waals surface area contributed by atoms with Crippen molar-refractivity contribution in [2.75, 3.05) is 0 Å². The van der Waals surface area contributed by atoms with Crippen molar-refractivity contribution >= 4 is 21.8 Å². The molecule has 106 valence electrons. The summed E-state index contributed by atoms with van der Waals surface area (Å²) in [4.78, 5) is 13.0. The molecule has 4 aliphatic carbocycles. The van der Waals surface area contributed by atoms with Crippen molar-refractivity contribution in [3.63, 3.8) is 0 Å². The number of fused-ring (bicyclic) bond motifs is 5. The van der Waals surface area contributed by atoms with Crippen molar-refractivity contribution in [3.05, 3.63) is 0 Å². The first-order chi connectivity index (χ1) is 9.25. The zero-order chi connectivity index (χ0) is 13.0. The Morgan fingerprint density at radius 2 is 1.63 bits per heavy atom. The van der Waals surface area contributed by atoms with Crippen molar-refractivity contribution < 1.29 is 4.79 Å². The van der Waals surface area contributed by atoms with E-state index in [1.165, 1.54) is 44.9 Å². The highest BCUT2D eigenvalue weighted by Gasteiger charge is 2.67. The lowest BCUT2D eigenvalue weighted by molar-refractivity contribution is -0.124. The molecule has 1 N–H and O–H groups in total. The predicted octanol–water partition coefficient (Wildman–Crippen LogP) is 3.49. The smallest absolute Gasteiger partial charge is 0.223 e. The van der Waals surface area contributed by atoms with E-state index in [1.54, 1.807) is 0 Å². The van der Waals surface area contributed by atoms with Crippen LogP contribution in [0, 0.1) is 29.6 Å². The largest absolute Gasteiger partial charge is 0.352 e. The van der Waals surface area contributed by atoms with Gasteiger partial charge in [-0.05, 0) is 55.8 Å². The van der Waals surface area contributed by atoms with E-state index in [-0.39, 0.29) is 0 Å². The van der Waals surface area contributed by atoms with E-state index in [0.717, 1.165) is 30.1 Å². The summed E-state index contributed by atoms with van der Waals surface area (Å²) in [6, 6.07) is 0.383. The molecule has 0 aromatic carbocycles. The van der Waals surface area contributed by atoms with Gasteiger partial charge in [-0.2, -0.15) is 0 Å². The Bertz CT molecular complexity index is 369. The average Bonchev–Trinajstić information content (AvgIpc) is 2.94. The molecule has 0 spiro atoms. The number of rotatable bonds is 2. The van der Waals surface area contributed by atoms with Crippen LogP contribution in [0.2, 0.25) is 0 Å². The predicted molar refractivity (Wildman–Crippen MR) is 79.0 cm³/mol. The molecule has 3 heteroatoms. The fourth-order valence-corrected chi connectivity index (χ4v) is 6.10. The van der Waals surface area contributed by atoms with Crippen molar-refractivity contribution in [2.45, 2.75) is 62.2 Å². The molecule has 0 aromatic heterocycles. The van der Waals surface area contributed by atoms with E-state index in [9.17, 15) is 4.79 Å². The Morgan fingerprint density at radius 1 is 0.947 bits per heavy atom. The van der Waals surface area contributed by atoms with E-state index in [1.807, 2.05) is 0 Å². The van der Waals surface area contributed by atoms with Gasteiger partial charge in [0.15, 0.2) is 0 Å². The summed E-state index contributed by atoms with van der Waals surface area (Å²) in [5, 5.41) is 3.38. The third-order valence-corrected chi connectivity index (χ3v) is 7.39. The fraction of sp³-hybridized carbons (Fsp3) is 0.938. The van der Waals surface area contributed by atoms with Crippen LogP contribution in [-0.4, -0.2) is 16.8 Å². The van der Waals surface area contributed by atoms with Gasteiger partial charge < -0.3 is 5.32 Å². The zero-order valence-corrected chi connectivity index (χ0v) is 13.1. The first-order valence-electron chi connectivity index (χ1n) is 8.20. The van der Waals surface area contributed by atoms with E-state index in [2.05, 4.69) is 21.2 Å². The summed E-state index contributed by atoms with van der Waals surface area (Å²) in [5.74, 6) is 4.15. The second-order valence-electron chi connectivity index (χ2n) is 7.28. The minimum absolute atomic E-state index is 0.383. The van der Waals surface area contributed by atoms with E-state index >= 15 is 0 Å². The second-order valence-corrected chi connectivity index (χ2v) is 8.46. The molecule has 2 bridgehead atoms. The summed E-state index contributed by atoms with van der Waals surface area (Å²) in [5.41, 5.74) is 0. The summed E-state index contributed by atoms with van der Waals surface area (Å²) < 4.78 is 0. The van der Waals surface area contributed by atoms with E-state index in [4.69, 9.17) is 0 Å². The van der Waals surface area contributed by atoms with Crippen LogP contribution in [0.3, 0.4) is 0 Å². The highest BCUT2D eigenvalue weighted by atomic mass is 79.9. The van der Waals surface area contributed by atoms with Crippen molar-refractivity contribution in [1.29, 1.82) is 0 Å². The van der Waals surface area contributed by atoms with Gasteiger partial charge in [0, 0.05) is 16.8 Å². The normalized spacial score (nSPS) is 51.5. The number of nitrogens with one attached hydrogen (secondary N) is 1. The van der Waals surface area contributed by atoms with E-state index in [0.29, 0.717) is 22.7 Å². The molecule has 6 atom stereocenters. The molecule has 0 heterocycles. The number of hydrogen-bond acceptors (Lipinski definition) is 1. The van der Waals surface area contributed by atoms with Gasteiger partial charge in [0.2, 0.25) is 5.91 Å². The van der Waals surface area contributed by atoms with Gasteiger partial charge in [0.05, 0.1) is 0 Å². The fourth-order valence-electron chi connectivity index (χ4n) is 5.38. The van der Waals surface area contributed by atoms with Crippen molar-refractivity contribution in [1.82, 2.24) is 5.32 Å². The topological polar surface area (TPSA) is 29.1 Å². The van der Waals surface area contributed by atoms with Crippen molar-refractivity contribution in [3.8, 4) is 0 Å². The maximum absolute atomic E-state index is 12.5. The molecular weight excluding hydrogens is 302 g/mol. The van der Waals surface area contributed by atoms with Crippen LogP contribution < -0.4 is 5.32 Å². The molecule has 4 fully saturated rings. The molecule has 1 amide bonds. The van der Waals surface area contributed by atoms with Crippen LogP contribution in [0.1, 0.15) is 51.4 Å². The van der Waals surface area contributed by atoms with Crippen LogP contribution in [0.5, 0.6) is 0 Å². The van der Waals surface area contributed by atoms with Crippen LogP contribution >= 0.6 is 15.9 Å². The average molecular weight is 326 g/mol. The number of amides is 1. The summed E-state index contributed by atoms with van der Waals surface area (Å²) in [6.45, 7) is 0. The molecule has 0 aromatic rings.